The summed E-state index contributed by atoms with van der Waals surface area (Å²) in [5, 5.41) is 7.50. The van der Waals surface area contributed by atoms with Gasteiger partial charge in [-0.15, -0.1) is 0 Å². The third kappa shape index (κ3) is 3.86. The van der Waals surface area contributed by atoms with Gasteiger partial charge in [0, 0.05) is 65.2 Å². The van der Waals surface area contributed by atoms with Gasteiger partial charge >= 0.3 is 6.03 Å². The Kier molecular flexibility index (Phi) is 5.29. The maximum Gasteiger partial charge on any atom is 0.319 e. The highest BCUT2D eigenvalue weighted by Crippen LogP contribution is 2.35. The van der Waals surface area contributed by atoms with E-state index in [2.05, 4.69) is 10.2 Å². The van der Waals surface area contributed by atoms with Crippen LogP contribution in [0.2, 0.25) is 0 Å². The molecule has 1 aromatic heterocycles. The monoisotopic (exact) mass is 374 g/mol. The number of aromatic nitrogens is 2. The van der Waals surface area contributed by atoms with Crippen LogP contribution >= 0.6 is 0 Å². The van der Waals surface area contributed by atoms with E-state index in [0.29, 0.717) is 51.3 Å². The number of nitrogens with zero attached hydrogens (tertiary/aromatic N) is 6. The number of carbonyl (C=O) groups is 3. The van der Waals surface area contributed by atoms with Crippen LogP contribution in [0.4, 0.5) is 4.79 Å². The van der Waals surface area contributed by atoms with Crippen LogP contribution in [0.25, 0.3) is 0 Å². The van der Waals surface area contributed by atoms with Crippen LogP contribution in [-0.2, 0) is 4.79 Å². The molecule has 2 saturated heterocycles. The molecule has 2 fully saturated rings. The first-order valence-corrected chi connectivity index (χ1v) is 9.15. The van der Waals surface area contributed by atoms with Crippen molar-refractivity contribution in [1.29, 1.82) is 0 Å². The molecule has 4 amide bonds. The second kappa shape index (κ2) is 7.50. The summed E-state index contributed by atoms with van der Waals surface area (Å²) >= 11 is 0. The number of urea groups is 1. The Bertz CT molecular complexity index is 725. The molecule has 1 unspecified atom stereocenters. The average Bonchev–Trinajstić information content (AvgIpc) is 2.86. The molecule has 9 heteroatoms. The number of hydrogen-bond donors (Lipinski definition) is 0. The zero-order valence-corrected chi connectivity index (χ0v) is 16.1. The number of rotatable bonds is 2. The highest BCUT2D eigenvalue weighted by atomic mass is 16.2. The van der Waals surface area contributed by atoms with Crippen molar-refractivity contribution in [2.75, 3.05) is 53.4 Å². The molecule has 1 aromatic rings. The molecule has 146 valence electrons. The number of likely N-dealkylation sites (tertiary alicyclic amines) is 1. The number of hydrogen-bond acceptors (Lipinski definition) is 5. The van der Waals surface area contributed by atoms with Crippen molar-refractivity contribution in [3.8, 4) is 0 Å². The highest BCUT2D eigenvalue weighted by Gasteiger charge is 2.47. The SMILES string of the molecule is CCN1CC2(CC1=O)CN(C(=O)c1ccnnc1)CCN(C(=O)N(C)C)C2. The second-order valence-electron chi connectivity index (χ2n) is 7.54. The third-order valence-electron chi connectivity index (χ3n) is 5.25. The van der Waals surface area contributed by atoms with Crippen LogP contribution in [0, 0.1) is 5.41 Å². The molecule has 0 N–H and O–H groups in total. The molecule has 0 radical (unpaired) electrons. The van der Waals surface area contributed by atoms with E-state index >= 15 is 0 Å². The van der Waals surface area contributed by atoms with Gasteiger partial charge in [-0.25, -0.2) is 4.79 Å². The Hall–Kier alpha value is -2.71. The van der Waals surface area contributed by atoms with E-state index in [-0.39, 0.29) is 17.8 Å². The molecule has 0 bridgehead atoms. The lowest BCUT2D eigenvalue weighted by molar-refractivity contribution is -0.127. The first kappa shape index (κ1) is 19.1. The Morgan fingerprint density at radius 2 is 1.85 bits per heavy atom. The van der Waals surface area contributed by atoms with Crippen LogP contribution in [0.1, 0.15) is 23.7 Å². The summed E-state index contributed by atoms with van der Waals surface area (Å²) in [6.07, 6.45) is 3.28. The molecule has 2 aliphatic rings. The van der Waals surface area contributed by atoms with Crippen LogP contribution in [-0.4, -0.2) is 101 Å². The van der Waals surface area contributed by atoms with E-state index in [1.165, 1.54) is 17.3 Å². The smallest absolute Gasteiger partial charge is 0.319 e. The van der Waals surface area contributed by atoms with E-state index in [1.807, 2.05) is 6.92 Å². The minimum Gasteiger partial charge on any atom is -0.342 e. The lowest BCUT2D eigenvalue weighted by Crippen LogP contribution is -2.47. The largest absolute Gasteiger partial charge is 0.342 e. The summed E-state index contributed by atoms with van der Waals surface area (Å²) in [6.45, 7) is 4.88. The summed E-state index contributed by atoms with van der Waals surface area (Å²) in [5.41, 5.74) is 0.00924. The van der Waals surface area contributed by atoms with E-state index in [0.717, 1.165) is 0 Å². The van der Waals surface area contributed by atoms with E-state index < -0.39 is 5.41 Å². The molecule has 27 heavy (non-hydrogen) atoms. The normalized spacial score (nSPS) is 22.9. The molecular weight excluding hydrogens is 348 g/mol. The lowest BCUT2D eigenvalue weighted by atomic mass is 9.86. The van der Waals surface area contributed by atoms with Crippen molar-refractivity contribution in [3.63, 3.8) is 0 Å². The Balaban J connectivity index is 1.89. The summed E-state index contributed by atoms with van der Waals surface area (Å²) in [7, 11) is 3.42. The van der Waals surface area contributed by atoms with Gasteiger partial charge in [-0.05, 0) is 13.0 Å². The van der Waals surface area contributed by atoms with Crippen molar-refractivity contribution in [2.24, 2.45) is 5.41 Å². The van der Waals surface area contributed by atoms with Gasteiger partial charge in [0.15, 0.2) is 0 Å². The van der Waals surface area contributed by atoms with Gasteiger partial charge in [-0.2, -0.15) is 10.2 Å². The van der Waals surface area contributed by atoms with Gasteiger partial charge in [0.25, 0.3) is 5.91 Å². The zero-order chi connectivity index (χ0) is 19.6. The molecule has 0 aromatic carbocycles. The third-order valence-corrected chi connectivity index (χ3v) is 5.25. The molecule has 1 atom stereocenters. The standard InChI is InChI=1S/C18H26N6O3/c1-4-22-11-18(9-15(22)25)12-23(16(26)14-5-6-19-20-10-14)7-8-24(13-18)17(27)21(2)3/h5-6,10H,4,7-9,11-13H2,1-3H3. The summed E-state index contributed by atoms with van der Waals surface area (Å²) in [5.74, 6) is -0.0690. The van der Waals surface area contributed by atoms with Crippen molar-refractivity contribution < 1.29 is 14.4 Å². The van der Waals surface area contributed by atoms with Crippen molar-refractivity contribution >= 4 is 17.8 Å². The van der Waals surface area contributed by atoms with Crippen molar-refractivity contribution in [1.82, 2.24) is 29.8 Å². The highest BCUT2D eigenvalue weighted by molar-refractivity contribution is 5.94. The number of carbonyl (C=O) groups excluding carboxylic acids is 3. The minimum atomic E-state index is -0.453. The van der Waals surface area contributed by atoms with E-state index in [9.17, 15) is 14.4 Å². The first-order valence-electron chi connectivity index (χ1n) is 9.15. The first-order chi connectivity index (χ1) is 12.8. The molecule has 2 aliphatic heterocycles. The molecule has 3 heterocycles. The van der Waals surface area contributed by atoms with Crippen LogP contribution < -0.4 is 0 Å². The fourth-order valence-corrected chi connectivity index (χ4v) is 3.96. The van der Waals surface area contributed by atoms with Gasteiger partial charge in [-0.1, -0.05) is 0 Å². The number of amides is 4. The predicted molar refractivity (Wildman–Crippen MR) is 97.9 cm³/mol. The van der Waals surface area contributed by atoms with Gasteiger partial charge in [-0.3, -0.25) is 9.59 Å². The molecule has 9 nitrogen and oxygen atoms in total. The molecular formula is C18H26N6O3. The summed E-state index contributed by atoms with van der Waals surface area (Å²) in [4.78, 5) is 44.9. The van der Waals surface area contributed by atoms with E-state index in [4.69, 9.17) is 0 Å². The van der Waals surface area contributed by atoms with Crippen LogP contribution in [0.3, 0.4) is 0 Å². The van der Waals surface area contributed by atoms with Gasteiger partial charge in [0.2, 0.25) is 5.91 Å². The average molecular weight is 374 g/mol. The fraction of sp³-hybridized carbons (Fsp3) is 0.611. The molecule has 1 spiro atoms. The quantitative estimate of drug-likeness (QED) is 0.735. The summed E-state index contributed by atoms with van der Waals surface area (Å²) in [6, 6.07) is 1.53. The Morgan fingerprint density at radius 1 is 1.15 bits per heavy atom. The predicted octanol–water partition coefficient (Wildman–Crippen LogP) is 0.155. The van der Waals surface area contributed by atoms with Crippen molar-refractivity contribution in [2.45, 2.75) is 13.3 Å². The minimum absolute atomic E-state index is 0.0784. The van der Waals surface area contributed by atoms with Gasteiger partial charge in [0.1, 0.15) is 0 Å². The summed E-state index contributed by atoms with van der Waals surface area (Å²) < 4.78 is 0. The van der Waals surface area contributed by atoms with Crippen molar-refractivity contribution in [3.05, 3.63) is 24.0 Å². The zero-order valence-electron chi connectivity index (χ0n) is 16.1. The fourth-order valence-electron chi connectivity index (χ4n) is 3.96. The second-order valence-corrected chi connectivity index (χ2v) is 7.54. The van der Waals surface area contributed by atoms with Crippen LogP contribution in [0.15, 0.2) is 18.5 Å². The molecule has 0 saturated carbocycles. The maximum absolute atomic E-state index is 13.0. The Labute approximate surface area is 158 Å². The van der Waals surface area contributed by atoms with Crippen LogP contribution in [0.5, 0.6) is 0 Å². The lowest BCUT2D eigenvalue weighted by Gasteiger charge is -2.34. The van der Waals surface area contributed by atoms with E-state index in [1.54, 1.807) is 34.9 Å². The topological polar surface area (TPSA) is 90.0 Å². The van der Waals surface area contributed by atoms with Gasteiger partial charge < -0.3 is 19.6 Å². The Morgan fingerprint density at radius 3 is 2.44 bits per heavy atom. The molecule has 0 aliphatic carbocycles. The maximum atomic E-state index is 13.0. The van der Waals surface area contributed by atoms with Gasteiger partial charge in [0.05, 0.1) is 18.0 Å². The molecule has 3 rings (SSSR count).